The highest BCUT2D eigenvalue weighted by Gasteiger charge is 2.15. The molecular weight excluding hydrogens is 317 g/mol. The first-order chi connectivity index (χ1) is 9.56. The minimum absolute atomic E-state index is 0.330. The maximum atomic E-state index is 12.2. The molecule has 0 bridgehead atoms. The first-order valence-electron chi connectivity index (χ1n) is 5.75. The number of nitrogens with one attached hydrogen (secondary N) is 1. The van der Waals surface area contributed by atoms with E-state index in [0.29, 0.717) is 21.4 Å². The number of hydrogen-bond acceptors (Lipinski definition) is 3. The normalized spacial score (nSPS) is 10.9. The van der Waals surface area contributed by atoms with Crippen LogP contribution in [0.2, 0.25) is 10.0 Å². The van der Waals surface area contributed by atoms with E-state index in [1.807, 2.05) is 16.7 Å². The number of hydrogen-bond donors (Lipinski definition) is 1. The smallest absolute Gasteiger partial charge is 0.275 e. The lowest BCUT2D eigenvalue weighted by Gasteiger charge is -2.07. The predicted octanol–water partition coefficient (Wildman–Crippen LogP) is 4.26. The van der Waals surface area contributed by atoms with Gasteiger partial charge in [-0.15, -0.1) is 11.3 Å². The quantitative estimate of drug-likeness (QED) is 0.765. The van der Waals surface area contributed by atoms with Crippen LogP contribution in [0, 0.1) is 6.92 Å². The predicted molar refractivity (Wildman–Crippen MR) is 82.2 cm³/mol. The highest BCUT2D eigenvalue weighted by molar-refractivity contribution is 7.15. The lowest BCUT2D eigenvalue weighted by Crippen LogP contribution is -2.13. The Balaban J connectivity index is 1.93. The Kier molecular flexibility index (Phi) is 3.41. The van der Waals surface area contributed by atoms with Crippen molar-refractivity contribution in [2.45, 2.75) is 6.92 Å². The molecule has 0 atom stereocenters. The molecule has 0 aliphatic carbocycles. The van der Waals surface area contributed by atoms with Gasteiger partial charge in [0.1, 0.15) is 5.69 Å². The Hall–Kier alpha value is -1.56. The Bertz CT molecular complexity index is 789. The summed E-state index contributed by atoms with van der Waals surface area (Å²) in [5, 5.41) is 5.46. The lowest BCUT2D eigenvalue weighted by molar-refractivity contribution is 0.102. The molecule has 3 rings (SSSR count). The fraction of sp³-hybridized carbons (Fsp3) is 0.0769. The summed E-state index contributed by atoms with van der Waals surface area (Å²) < 4.78 is 1.87. The fourth-order valence-electron chi connectivity index (χ4n) is 1.80. The number of nitrogens with zero attached hydrogens (tertiary/aromatic N) is 2. The van der Waals surface area contributed by atoms with Crippen LogP contribution in [0.4, 0.5) is 5.69 Å². The molecule has 7 heteroatoms. The molecule has 2 heterocycles. The Labute approximate surface area is 129 Å². The van der Waals surface area contributed by atoms with Crippen molar-refractivity contribution in [3.8, 4) is 0 Å². The summed E-state index contributed by atoms with van der Waals surface area (Å²) in [6.07, 6.45) is 1.70. The third kappa shape index (κ3) is 2.28. The summed E-state index contributed by atoms with van der Waals surface area (Å²) in [7, 11) is 0. The van der Waals surface area contributed by atoms with Gasteiger partial charge >= 0.3 is 0 Å². The Morgan fingerprint density at radius 3 is 2.70 bits per heavy atom. The summed E-state index contributed by atoms with van der Waals surface area (Å²) in [5.74, 6) is -0.338. The van der Waals surface area contributed by atoms with Crippen LogP contribution >= 0.6 is 34.5 Å². The molecule has 102 valence electrons. The van der Waals surface area contributed by atoms with Crippen molar-refractivity contribution >= 4 is 51.1 Å². The minimum Gasteiger partial charge on any atom is -0.318 e. The van der Waals surface area contributed by atoms with Gasteiger partial charge < -0.3 is 5.32 Å². The lowest BCUT2D eigenvalue weighted by atomic mass is 10.3. The van der Waals surface area contributed by atoms with Gasteiger partial charge in [0.25, 0.3) is 5.91 Å². The number of amides is 1. The Morgan fingerprint density at radius 1 is 1.35 bits per heavy atom. The number of rotatable bonds is 2. The van der Waals surface area contributed by atoms with Crippen LogP contribution in [-0.2, 0) is 0 Å². The van der Waals surface area contributed by atoms with E-state index in [1.54, 1.807) is 24.4 Å². The van der Waals surface area contributed by atoms with Crippen molar-refractivity contribution in [1.82, 2.24) is 9.38 Å². The largest absolute Gasteiger partial charge is 0.318 e. The standard InChI is InChI=1S/C13H9Cl2N3OS/c1-7-6-20-13-16-10(5-18(7)13)12(19)17-11-8(14)3-2-4-9(11)15/h2-6H,1H3,(H,17,19). The molecule has 0 saturated carbocycles. The average Bonchev–Trinajstić information content (AvgIpc) is 2.97. The van der Waals surface area contributed by atoms with Crippen molar-refractivity contribution in [2.75, 3.05) is 5.32 Å². The number of halogens is 2. The fourth-order valence-corrected chi connectivity index (χ4v) is 3.14. The molecule has 2 aromatic heterocycles. The van der Waals surface area contributed by atoms with Crippen LogP contribution in [0.25, 0.3) is 4.96 Å². The van der Waals surface area contributed by atoms with Crippen LogP contribution in [0.15, 0.2) is 29.8 Å². The topological polar surface area (TPSA) is 46.4 Å². The molecule has 0 aliphatic heterocycles. The van der Waals surface area contributed by atoms with E-state index in [-0.39, 0.29) is 5.91 Å². The summed E-state index contributed by atoms with van der Waals surface area (Å²) in [5.41, 5.74) is 1.76. The highest BCUT2D eigenvalue weighted by atomic mass is 35.5. The SMILES string of the molecule is Cc1csc2nc(C(=O)Nc3c(Cl)cccc3Cl)cn12. The molecule has 4 nitrogen and oxygen atoms in total. The highest BCUT2D eigenvalue weighted by Crippen LogP contribution is 2.30. The number of thiazole rings is 1. The number of benzene rings is 1. The summed E-state index contributed by atoms with van der Waals surface area (Å²) in [6.45, 7) is 1.96. The average molecular weight is 326 g/mol. The number of carbonyl (C=O) groups is 1. The third-order valence-corrected chi connectivity index (χ3v) is 4.41. The zero-order valence-electron chi connectivity index (χ0n) is 10.4. The summed E-state index contributed by atoms with van der Waals surface area (Å²) in [6, 6.07) is 5.05. The number of aryl methyl sites for hydroxylation is 1. The second-order valence-corrected chi connectivity index (χ2v) is 5.86. The molecule has 0 unspecified atom stereocenters. The maximum absolute atomic E-state index is 12.2. The van der Waals surface area contributed by atoms with Gasteiger partial charge in [-0.2, -0.15) is 0 Å². The second kappa shape index (κ2) is 5.09. The van der Waals surface area contributed by atoms with Gasteiger partial charge in [0.05, 0.1) is 15.7 Å². The van der Waals surface area contributed by atoms with Crippen LogP contribution < -0.4 is 5.32 Å². The van der Waals surface area contributed by atoms with E-state index >= 15 is 0 Å². The van der Waals surface area contributed by atoms with Gasteiger partial charge in [-0.05, 0) is 19.1 Å². The number of imidazole rings is 1. The van der Waals surface area contributed by atoms with Crippen molar-refractivity contribution in [2.24, 2.45) is 0 Å². The number of aromatic nitrogens is 2. The van der Waals surface area contributed by atoms with Gasteiger partial charge in [-0.25, -0.2) is 4.98 Å². The molecule has 0 fully saturated rings. The minimum atomic E-state index is -0.338. The van der Waals surface area contributed by atoms with Gasteiger partial charge in [-0.3, -0.25) is 9.20 Å². The summed E-state index contributed by atoms with van der Waals surface area (Å²) in [4.78, 5) is 17.2. The van der Waals surface area contributed by atoms with E-state index in [9.17, 15) is 4.79 Å². The van der Waals surface area contributed by atoms with Crippen LogP contribution in [-0.4, -0.2) is 15.3 Å². The number of anilines is 1. The molecule has 1 amide bonds. The van der Waals surface area contributed by atoms with Gasteiger partial charge in [0.2, 0.25) is 0 Å². The zero-order valence-corrected chi connectivity index (χ0v) is 12.7. The molecule has 1 N–H and O–H groups in total. The van der Waals surface area contributed by atoms with Crippen LogP contribution in [0.3, 0.4) is 0 Å². The Morgan fingerprint density at radius 2 is 2.05 bits per heavy atom. The van der Waals surface area contributed by atoms with E-state index in [2.05, 4.69) is 10.3 Å². The maximum Gasteiger partial charge on any atom is 0.275 e. The van der Waals surface area contributed by atoms with Crippen molar-refractivity contribution < 1.29 is 4.79 Å². The van der Waals surface area contributed by atoms with E-state index in [1.165, 1.54) is 11.3 Å². The number of carbonyl (C=O) groups excluding carboxylic acids is 1. The number of fused-ring (bicyclic) bond motifs is 1. The molecule has 0 aliphatic rings. The van der Waals surface area contributed by atoms with Crippen LogP contribution in [0.1, 0.15) is 16.2 Å². The molecule has 0 radical (unpaired) electrons. The number of para-hydroxylation sites is 1. The van der Waals surface area contributed by atoms with Gasteiger partial charge in [0, 0.05) is 17.3 Å². The molecule has 0 spiro atoms. The molecule has 0 saturated heterocycles. The molecule has 20 heavy (non-hydrogen) atoms. The molecular formula is C13H9Cl2N3OS. The first kappa shape index (κ1) is 13.4. The van der Waals surface area contributed by atoms with Gasteiger partial charge in [0.15, 0.2) is 4.96 Å². The molecule has 3 aromatic rings. The van der Waals surface area contributed by atoms with Gasteiger partial charge in [-0.1, -0.05) is 29.3 Å². The van der Waals surface area contributed by atoms with Crippen molar-refractivity contribution in [3.63, 3.8) is 0 Å². The first-order valence-corrected chi connectivity index (χ1v) is 7.38. The zero-order chi connectivity index (χ0) is 14.3. The van der Waals surface area contributed by atoms with Crippen molar-refractivity contribution in [3.05, 3.63) is 51.2 Å². The second-order valence-electron chi connectivity index (χ2n) is 4.21. The van der Waals surface area contributed by atoms with Crippen LogP contribution in [0.5, 0.6) is 0 Å². The monoisotopic (exact) mass is 325 g/mol. The van der Waals surface area contributed by atoms with Crippen molar-refractivity contribution in [1.29, 1.82) is 0 Å². The third-order valence-electron chi connectivity index (χ3n) is 2.82. The van der Waals surface area contributed by atoms with E-state index in [0.717, 1.165) is 10.7 Å². The molecule has 1 aromatic carbocycles. The summed E-state index contributed by atoms with van der Waals surface area (Å²) >= 11 is 13.5. The van der Waals surface area contributed by atoms with E-state index in [4.69, 9.17) is 23.2 Å². The van der Waals surface area contributed by atoms with E-state index < -0.39 is 0 Å².